The molecular weight excluding hydrogens is 158 g/mol. The summed E-state index contributed by atoms with van der Waals surface area (Å²) >= 11 is 0. The summed E-state index contributed by atoms with van der Waals surface area (Å²) < 4.78 is 0.500. The maximum absolute atomic E-state index is 11.0. The van der Waals surface area contributed by atoms with Crippen LogP contribution in [0.2, 0.25) is 0 Å². The number of carbonyl (C=O) groups is 1. The normalized spacial score (nSPS) is 17.2. The highest BCUT2D eigenvalue weighted by atomic mass is 16.3. The minimum Gasteiger partial charge on any atom is -0.386 e. The standard InChI is InChI=1S/C8H18NO3/c1-6(10)8(12)7(11)5-9(2,3)4/h6-7,10-11H,5H2,1-4H3/q+1. The van der Waals surface area contributed by atoms with Crippen LogP contribution in [0.1, 0.15) is 6.92 Å². The third-order valence-electron chi connectivity index (χ3n) is 1.46. The summed E-state index contributed by atoms with van der Waals surface area (Å²) in [6.45, 7) is 1.69. The first-order valence-corrected chi connectivity index (χ1v) is 3.94. The summed E-state index contributed by atoms with van der Waals surface area (Å²) in [4.78, 5) is 11.0. The van der Waals surface area contributed by atoms with Crippen molar-refractivity contribution in [2.24, 2.45) is 0 Å². The summed E-state index contributed by atoms with van der Waals surface area (Å²) in [5.74, 6) is -0.511. The smallest absolute Gasteiger partial charge is 0.195 e. The molecule has 0 aliphatic carbocycles. The number of nitrogens with zero attached hydrogens (tertiary/aromatic N) is 1. The number of likely N-dealkylation sites (N-methyl/N-ethyl adjacent to an activating group) is 1. The largest absolute Gasteiger partial charge is 0.386 e. The number of Topliss-reactive ketones (excluding diaryl/α,β-unsaturated/α-hetero) is 1. The highest BCUT2D eigenvalue weighted by Gasteiger charge is 2.25. The lowest BCUT2D eigenvalue weighted by molar-refractivity contribution is -0.872. The molecule has 0 amide bonds. The van der Waals surface area contributed by atoms with E-state index in [9.17, 15) is 9.90 Å². The van der Waals surface area contributed by atoms with Crippen molar-refractivity contribution in [3.05, 3.63) is 0 Å². The van der Waals surface area contributed by atoms with E-state index in [1.54, 1.807) is 0 Å². The predicted octanol–water partition coefficient (Wildman–Crippen LogP) is -0.997. The Bertz CT molecular complexity index is 160. The molecule has 72 valence electrons. The fraction of sp³-hybridized carbons (Fsp3) is 0.875. The topological polar surface area (TPSA) is 57.5 Å². The molecular formula is C8H18NO3+. The van der Waals surface area contributed by atoms with Crippen LogP contribution in [0.15, 0.2) is 0 Å². The van der Waals surface area contributed by atoms with Gasteiger partial charge in [0.05, 0.1) is 21.1 Å². The van der Waals surface area contributed by atoms with Gasteiger partial charge in [0, 0.05) is 0 Å². The van der Waals surface area contributed by atoms with Gasteiger partial charge in [-0.05, 0) is 6.92 Å². The quantitative estimate of drug-likeness (QED) is 0.540. The van der Waals surface area contributed by atoms with E-state index in [-0.39, 0.29) is 0 Å². The number of hydrogen-bond donors (Lipinski definition) is 2. The molecule has 0 spiro atoms. The second-order valence-electron chi connectivity index (χ2n) is 4.07. The lowest BCUT2D eigenvalue weighted by atomic mass is 10.1. The fourth-order valence-electron chi connectivity index (χ4n) is 0.887. The molecule has 0 bridgehead atoms. The molecule has 4 heteroatoms. The van der Waals surface area contributed by atoms with Gasteiger partial charge in [-0.2, -0.15) is 0 Å². The number of carbonyl (C=O) groups excluding carboxylic acids is 1. The molecule has 0 saturated heterocycles. The van der Waals surface area contributed by atoms with Gasteiger partial charge in [0.2, 0.25) is 0 Å². The maximum Gasteiger partial charge on any atom is 0.195 e. The number of hydrogen-bond acceptors (Lipinski definition) is 3. The van der Waals surface area contributed by atoms with Crippen molar-refractivity contribution in [1.29, 1.82) is 0 Å². The highest BCUT2D eigenvalue weighted by Crippen LogP contribution is 1.98. The Hall–Kier alpha value is -0.450. The molecule has 0 aromatic heterocycles. The zero-order chi connectivity index (χ0) is 9.94. The van der Waals surface area contributed by atoms with E-state index in [4.69, 9.17) is 5.11 Å². The van der Waals surface area contributed by atoms with Crippen LogP contribution in [-0.4, -0.2) is 60.4 Å². The third-order valence-corrected chi connectivity index (χ3v) is 1.46. The molecule has 2 atom stereocenters. The number of aliphatic hydroxyl groups excluding tert-OH is 2. The van der Waals surface area contributed by atoms with Crippen LogP contribution in [0.4, 0.5) is 0 Å². The number of aliphatic hydroxyl groups is 2. The Morgan fingerprint density at radius 3 is 2.00 bits per heavy atom. The first kappa shape index (κ1) is 11.6. The Kier molecular flexibility index (Phi) is 3.83. The van der Waals surface area contributed by atoms with E-state index in [0.717, 1.165) is 0 Å². The average molecular weight is 176 g/mol. The molecule has 0 aliphatic rings. The van der Waals surface area contributed by atoms with Crippen molar-refractivity contribution < 1.29 is 19.5 Å². The zero-order valence-electron chi connectivity index (χ0n) is 8.11. The molecule has 0 rings (SSSR count). The van der Waals surface area contributed by atoms with Crippen molar-refractivity contribution in [3.8, 4) is 0 Å². The highest BCUT2D eigenvalue weighted by molar-refractivity contribution is 5.86. The van der Waals surface area contributed by atoms with Crippen LogP contribution in [0.3, 0.4) is 0 Å². The molecule has 0 aromatic carbocycles. The lowest BCUT2D eigenvalue weighted by Gasteiger charge is -2.26. The molecule has 0 saturated carbocycles. The molecule has 4 nitrogen and oxygen atoms in total. The van der Waals surface area contributed by atoms with E-state index in [2.05, 4.69) is 0 Å². The first-order chi connectivity index (χ1) is 5.24. The summed E-state index contributed by atoms with van der Waals surface area (Å²) in [5.41, 5.74) is 0. The first-order valence-electron chi connectivity index (χ1n) is 3.94. The minimum atomic E-state index is -1.08. The molecule has 0 heterocycles. The second kappa shape index (κ2) is 3.98. The van der Waals surface area contributed by atoms with Gasteiger partial charge in [0.15, 0.2) is 11.9 Å². The van der Waals surface area contributed by atoms with Gasteiger partial charge in [0.25, 0.3) is 0 Å². The monoisotopic (exact) mass is 176 g/mol. The van der Waals surface area contributed by atoms with Crippen molar-refractivity contribution >= 4 is 5.78 Å². The predicted molar refractivity (Wildman–Crippen MR) is 45.6 cm³/mol. The van der Waals surface area contributed by atoms with Gasteiger partial charge in [-0.15, -0.1) is 0 Å². The molecule has 0 radical (unpaired) electrons. The zero-order valence-corrected chi connectivity index (χ0v) is 8.11. The van der Waals surface area contributed by atoms with Crippen LogP contribution in [0.5, 0.6) is 0 Å². The van der Waals surface area contributed by atoms with Crippen LogP contribution < -0.4 is 0 Å². The van der Waals surface area contributed by atoms with E-state index in [1.165, 1.54) is 6.92 Å². The Labute approximate surface area is 73.0 Å². The third kappa shape index (κ3) is 4.43. The van der Waals surface area contributed by atoms with Crippen LogP contribution in [0, 0.1) is 0 Å². The second-order valence-corrected chi connectivity index (χ2v) is 4.07. The summed E-state index contributed by atoms with van der Waals surface area (Å²) in [7, 11) is 5.62. The summed E-state index contributed by atoms with van der Waals surface area (Å²) in [6.07, 6.45) is -2.14. The Morgan fingerprint density at radius 1 is 1.33 bits per heavy atom. The molecule has 0 aliphatic heterocycles. The number of rotatable bonds is 4. The van der Waals surface area contributed by atoms with Crippen LogP contribution in [-0.2, 0) is 4.79 Å². The van der Waals surface area contributed by atoms with Crippen LogP contribution in [0.25, 0.3) is 0 Å². The van der Waals surface area contributed by atoms with E-state index >= 15 is 0 Å². The number of quaternary nitrogens is 1. The van der Waals surface area contributed by atoms with Crippen molar-refractivity contribution in [1.82, 2.24) is 0 Å². The maximum atomic E-state index is 11.0. The van der Waals surface area contributed by atoms with Gasteiger partial charge in [-0.1, -0.05) is 0 Å². The van der Waals surface area contributed by atoms with E-state index in [1.807, 2.05) is 21.1 Å². The molecule has 2 N–H and O–H groups in total. The number of ketones is 1. The Morgan fingerprint density at radius 2 is 1.75 bits per heavy atom. The van der Waals surface area contributed by atoms with Crippen molar-refractivity contribution in [2.45, 2.75) is 19.1 Å². The minimum absolute atomic E-state index is 0.323. The van der Waals surface area contributed by atoms with Crippen LogP contribution >= 0.6 is 0 Å². The summed E-state index contributed by atoms with van der Waals surface area (Å²) in [6, 6.07) is 0. The SMILES string of the molecule is CC(O)C(=O)C(O)C[N+](C)(C)C. The van der Waals surface area contributed by atoms with Crippen molar-refractivity contribution in [3.63, 3.8) is 0 Å². The van der Waals surface area contributed by atoms with Gasteiger partial charge in [-0.25, -0.2) is 0 Å². The molecule has 2 unspecified atom stereocenters. The molecule has 0 aromatic rings. The summed E-state index contributed by atoms with van der Waals surface area (Å²) in [5, 5.41) is 18.2. The van der Waals surface area contributed by atoms with Gasteiger partial charge >= 0.3 is 0 Å². The molecule has 12 heavy (non-hydrogen) atoms. The average Bonchev–Trinajstić information content (AvgIpc) is 1.82. The van der Waals surface area contributed by atoms with Gasteiger partial charge < -0.3 is 14.7 Å². The van der Waals surface area contributed by atoms with Gasteiger partial charge in [0.1, 0.15) is 12.6 Å². The van der Waals surface area contributed by atoms with Gasteiger partial charge in [-0.3, -0.25) is 4.79 Å². The van der Waals surface area contributed by atoms with Crippen molar-refractivity contribution in [2.75, 3.05) is 27.7 Å². The van der Waals surface area contributed by atoms with E-state index < -0.39 is 18.0 Å². The Balaban J connectivity index is 4.05. The lowest BCUT2D eigenvalue weighted by Crippen LogP contribution is -2.46. The van der Waals surface area contributed by atoms with E-state index in [0.29, 0.717) is 11.0 Å². The molecule has 0 fully saturated rings. The fourth-order valence-corrected chi connectivity index (χ4v) is 0.887.